The van der Waals surface area contributed by atoms with Crippen LogP contribution < -0.4 is 15.4 Å². The van der Waals surface area contributed by atoms with Gasteiger partial charge in [-0.1, -0.05) is 31.2 Å². The van der Waals surface area contributed by atoms with E-state index in [1.165, 1.54) is 0 Å². The molecule has 0 radical (unpaired) electrons. The minimum atomic E-state index is -0.526. The standard InChI is InChI=1S/C16H24N2O2/c1-4-10-17-12-14-8-6-7-9-15(14)20-13(3)16(19)18-11-5-2/h5-9,13,17H,2,4,10-12H2,1,3H3,(H,18,19). The first-order valence-electron chi connectivity index (χ1n) is 7.03. The van der Waals surface area contributed by atoms with Crippen LogP contribution in [0.5, 0.6) is 5.75 Å². The van der Waals surface area contributed by atoms with Crippen LogP contribution in [0.25, 0.3) is 0 Å². The number of hydrogen-bond acceptors (Lipinski definition) is 3. The largest absolute Gasteiger partial charge is 0.481 e. The molecule has 1 atom stereocenters. The smallest absolute Gasteiger partial charge is 0.261 e. The normalized spacial score (nSPS) is 11.7. The van der Waals surface area contributed by atoms with Gasteiger partial charge >= 0.3 is 0 Å². The van der Waals surface area contributed by atoms with Crippen LogP contribution in [0.1, 0.15) is 25.8 Å². The lowest BCUT2D eigenvalue weighted by atomic mass is 10.2. The lowest BCUT2D eigenvalue weighted by molar-refractivity contribution is -0.127. The summed E-state index contributed by atoms with van der Waals surface area (Å²) < 4.78 is 5.75. The van der Waals surface area contributed by atoms with Crippen LogP contribution in [-0.2, 0) is 11.3 Å². The molecule has 4 heteroatoms. The monoisotopic (exact) mass is 276 g/mol. The third kappa shape index (κ3) is 5.45. The summed E-state index contributed by atoms with van der Waals surface area (Å²) in [5.74, 6) is 0.610. The minimum Gasteiger partial charge on any atom is -0.481 e. The van der Waals surface area contributed by atoms with E-state index in [1.807, 2.05) is 24.3 Å². The van der Waals surface area contributed by atoms with Gasteiger partial charge in [0.25, 0.3) is 5.91 Å². The van der Waals surface area contributed by atoms with E-state index in [9.17, 15) is 4.79 Å². The quantitative estimate of drug-likeness (QED) is 0.537. The van der Waals surface area contributed by atoms with E-state index in [-0.39, 0.29) is 5.91 Å². The first kappa shape index (κ1) is 16.2. The van der Waals surface area contributed by atoms with Gasteiger partial charge in [0, 0.05) is 18.7 Å². The zero-order valence-corrected chi connectivity index (χ0v) is 12.3. The van der Waals surface area contributed by atoms with Crippen molar-refractivity contribution < 1.29 is 9.53 Å². The lowest BCUT2D eigenvalue weighted by Gasteiger charge is -2.17. The molecule has 0 saturated heterocycles. The van der Waals surface area contributed by atoms with Crippen LogP contribution in [0.3, 0.4) is 0 Å². The molecule has 0 aliphatic rings. The van der Waals surface area contributed by atoms with Crippen LogP contribution in [0.2, 0.25) is 0 Å². The Morgan fingerprint density at radius 2 is 2.20 bits per heavy atom. The van der Waals surface area contributed by atoms with Crippen molar-refractivity contribution in [1.82, 2.24) is 10.6 Å². The van der Waals surface area contributed by atoms with Crippen LogP contribution >= 0.6 is 0 Å². The Kier molecular flexibility index (Phi) is 7.43. The van der Waals surface area contributed by atoms with Gasteiger partial charge in [-0.15, -0.1) is 6.58 Å². The van der Waals surface area contributed by atoms with Crippen molar-refractivity contribution >= 4 is 5.91 Å². The Bertz CT molecular complexity index is 432. The van der Waals surface area contributed by atoms with Gasteiger partial charge < -0.3 is 15.4 Å². The van der Waals surface area contributed by atoms with E-state index in [2.05, 4.69) is 24.1 Å². The van der Waals surface area contributed by atoms with E-state index < -0.39 is 6.10 Å². The van der Waals surface area contributed by atoms with E-state index >= 15 is 0 Å². The van der Waals surface area contributed by atoms with Gasteiger partial charge in [-0.25, -0.2) is 0 Å². The molecule has 1 aromatic rings. The molecule has 0 aliphatic carbocycles. The van der Waals surface area contributed by atoms with Gasteiger partial charge in [0.1, 0.15) is 5.75 Å². The molecule has 0 heterocycles. The maximum atomic E-state index is 11.8. The second kappa shape index (κ2) is 9.15. The maximum absolute atomic E-state index is 11.8. The molecule has 0 saturated carbocycles. The van der Waals surface area contributed by atoms with Gasteiger partial charge in [-0.05, 0) is 26.0 Å². The molecule has 0 fully saturated rings. The molecule has 2 N–H and O–H groups in total. The molecule has 1 rings (SSSR count). The van der Waals surface area contributed by atoms with E-state index in [0.717, 1.165) is 30.8 Å². The van der Waals surface area contributed by atoms with Gasteiger partial charge in [-0.2, -0.15) is 0 Å². The number of benzene rings is 1. The Balaban J connectivity index is 2.61. The van der Waals surface area contributed by atoms with E-state index in [0.29, 0.717) is 6.54 Å². The van der Waals surface area contributed by atoms with Crippen molar-refractivity contribution in [2.24, 2.45) is 0 Å². The Hall–Kier alpha value is -1.81. The highest BCUT2D eigenvalue weighted by Gasteiger charge is 2.15. The minimum absolute atomic E-state index is 0.138. The van der Waals surface area contributed by atoms with Gasteiger partial charge in [-0.3, -0.25) is 4.79 Å². The molecule has 1 amide bonds. The fraction of sp³-hybridized carbons (Fsp3) is 0.438. The Morgan fingerprint density at radius 3 is 2.90 bits per heavy atom. The van der Waals surface area contributed by atoms with Gasteiger partial charge in [0.2, 0.25) is 0 Å². The zero-order valence-electron chi connectivity index (χ0n) is 12.3. The first-order chi connectivity index (χ1) is 9.69. The Labute approximate surface area is 121 Å². The molecule has 0 aliphatic heterocycles. The third-order valence-electron chi connectivity index (χ3n) is 2.81. The SMILES string of the molecule is C=CCNC(=O)C(C)Oc1ccccc1CNCCC. The fourth-order valence-electron chi connectivity index (χ4n) is 1.73. The number of amides is 1. The maximum Gasteiger partial charge on any atom is 0.261 e. The molecule has 1 unspecified atom stereocenters. The predicted molar refractivity (Wildman–Crippen MR) is 81.7 cm³/mol. The van der Waals surface area contributed by atoms with Gasteiger partial charge in [0.05, 0.1) is 0 Å². The molecule has 1 aromatic carbocycles. The number of nitrogens with one attached hydrogen (secondary N) is 2. The fourth-order valence-corrected chi connectivity index (χ4v) is 1.73. The Morgan fingerprint density at radius 1 is 1.45 bits per heavy atom. The molecule has 0 bridgehead atoms. The molecule has 0 spiro atoms. The van der Waals surface area contributed by atoms with Crippen LogP contribution in [0.15, 0.2) is 36.9 Å². The number of rotatable bonds is 9. The molecule has 4 nitrogen and oxygen atoms in total. The van der Waals surface area contributed by atoms with E-state index in [4.69, 9.17) is 4.74 Å². The van der Waals surface area contributed by atoms with Crippen molar-refractivity contribution in [2.45, 2.75) is 32.9 Å². The number of hydrogen-bond donors (Lipinski definition) is 2. The second-order valence-corrected chi connectivity index (χ2v) is 4.58. The zero-order chi connectivity index (χ0) is 14.8. The van der Waals surface area contributed by atoms with Crippen LogP contribution in [0.4, 0.5) is 0 Å². The topological polar surface area (TPSA) is 50.4 Å². The van der Waals surface area contributed by atoms with Crippen LogP contribution in [0, 0.1) is 0 Å². The summed E-state index contributed by atoms with van der Waals surface area (Å²) in [4.78, 5) is 11.8. The average molecular weight is 276 g/mol. The molecule has 0 aromatic heterocycles. The van der Waals surface area contributed by atoms with Crippen molar-refractivity contribution in [2.75, 3.05) is 13.1 Å². The number of ether oxygens (including phenoxy) is 1. The highest BCUT2D eigenvalue weighted by molar-refractivity contribution is 5.80. The van der Waals surface area contributed by atoms with Gasteiger partial charge in [0.15, 0.2) is 6.10 Å². The molecule has 20 heavy (non-hydrogen) atoms. The predicted octanol–water partition coefficient (Wildman–Crippen LogP) is 2.26. The average Bonchev–Trinajstić information content (AvgIpc) is 2.46. The van der Waals surface area contributed by atoms with Crippen molar-refractivity contribution in [3.8, 4) is 5.75 Å². The summed E-state index contributed by atoms with van der Waals surface area (Å²) in [5, 5.41) is 6.06. The highest BCUT2D eigenvalue weighted by atomic mass is 16.5. The van der Waals surface area contributed by atoms with E-state index in [1.54, 1.807) is 13.0 Å². The molecule has 110 valence electrons. The van der Waals surface area contributed by atoms with Crippen molar-refractivity contribution in [3.63, 3.8) is 0 Å². The summed E-state index contributed by atoms with van der Waals surface area (Å²) in [6.45, 7) is 9.59. The van der Waals surface area contributed by atoms with Crippen LogP contribution in [-0.4, -0.2) is 25.1 Å². The summed E-state index contributed by atoms with van der Waals surface area (Å²) in [5.41, 5.74) is 1.06. The lowest BCUT2D eigenvalue weighted by Crippen LogP contribution is -2.36. The second-order valence-electron chi connectivity index (χ2n) is 4.58. The number of carbonyl (C=O) groups excluding carboxylic acids is 1. The third-order valence-corrected chi connectivity index (χ3v) is 2.81. The first-order valence-corrected chi connectivity index (χ1v) is 7.03. The summed E-state index contributed by atoms with van der Waals surface area (Å²) >= 11 is 0. The number of carbonyl (C=O) groups is 1. The summed E-state index contributed by atoms with van der Waals surface area (Å²) in [6, 6.07) is 7.78. The molecular formula is C16H24N2O2. The summed E-state index contributed by atoms with van der Waals surface area (Å²) in [6.07, 6.45) is 2.21. The molecular weight excluding hydrogens is 252 g/mol. The van der Waals surface area contributed by atoms with Crippen molar-refractivity contribution in [3.05, 3.63) is 42.5 Å². The van der Waals surface area contributed by atoms with Crippen molar-refractivity contribution in [1.29, 1.82) is 0 Å². The highest BCUT2D eigenvalue weighted by Crippen LogP contribution is 2.19. The summed E-state index contributed by atoms with van der Waals surface area (Å²) in [7, 11) is 0. The number of para-hydroxylation sites is 1.